The van der Waals surface area contributed by atoms with E-state index in [1.54, 1.807) is 6.92 Å². The molecule has 1 unspecified atom stereocenters. The highest BCUT2D eigenvalue weighted by Crippen LogP contribution is 2.17. The van der Waals surface area contributed by atoms with E-state index in [0.717, 1.165) is 32.4 Å². The molecule has 0 radical (unpaired) electrons. The second-order valence-electron chi connectivity index (χ2n) is 5.58. The lowest BCUT2D eigenvalue weighted by Crippen LogP contribution is -2.42. The Bertz CT molecular complexity index is 440. The number of ether oxygens (including phenoxy) is 1. The molecule has 1 saturated heterocycles. The average molecular weight is 303 g/mol. The van der Waals surface area contributed by atoms with Gasteiger partial charge in [-0.2, -0.15) is 0 Å². The Balaban J connectivity index is 0.000000541. The average Bonchev–Trinajstić information content (AvgIpc) is 3.36. The maximum atomic E-state index is 11.8. The Hall–Kier alpha value is -1.61. The molecule has 0 aliphatic carbocycles. The lowest BCUT2D eigenvalue weighted by Gasteiger charge is -2.30. The first-order chi connectivity index (χ1) is 10.6. The minimum absolute atomic E-state index is 0.147. The number of hydrogen-bond acceptors (Lipinski definition) is 2. The summed E-state index contributed by atoms with van der Waals surface area (Å²) in [6.45, 7) is 10.9. The molecule has 3 nitrogen and oxygen atoms in total. The van der Waals surface area contributed by atoms with Gasteiger partial charge in [-0.3, -0.25) is 4.79 Å². The Morgan fingerprint density at radius 1 is 1.41 bits per heavy atom. The van der Waals surface area contributed by atoms with Gasteiger partial charge < -0.3 is 9.64 Å². The highest BCUT2D eigenvalue weighted by molar-refractivity contribution is 5.73. The highest BCUT2D eigenvalue weighted by Gasteiger charge is 2.30. The summed E-state index contributed by atoms with van der Waals surface area (Å²) in [6.07, 6.45) is 5.11. The van der Waals surface area contributed by atoms with Gasteiger partial charge in [0.1, 0.15) is 0 Å². The van der Waals surface area contributed by atoms with Crippen molar-refractivity contribution in [3.8, 4) is 0 Å². The number of carbonyl (C=O) groups excluding carboxylic acids is 1. The molecule has 1 fully saturated rings. The Kier molecular flexibility index (Phi) is 8.53. The van der Waals surface area contributed by atoms with Crippen LogP contribution in [0.25, 0.3) is 0 Å². The van der Waals surface area contributed by atoms with E-state index in [-0.39, 0.29) is 18.1 Å². The molecule has 22 heavy (non-hydrogen) atoms. The normalized spacial score (nSPS) is 17.0. The third-order valence-electron chi connectivity index (χ3n) is 3.72. The zero-order valence-corrected chi connectivity index (χ0v) is 14.1. The molecule has 0 N–H and O–H groups in total. The molecule has 2 rings (SSSR count). The number of allylic oxidation sites excluding steroid dienone is 1. The fourth-order valence-electron chi connectivity index (χ4n) is 2.29. The van der Waals surface area contributed by atoms with Gasteiger partial charge in [-0.25, -0.2) is 0 Å². The van der Waals surface area contributed by atoms with E-state index in [1.807, 2.05) is 29.2 Å². The van der Waals surface area contributed by atoms with E-state index in [4.69, 9.17) is 4.74 Å². The maximum Gasteiger partial charge on any atom is 0.219 e. The molecule has 122 valence electrons. The molecule has 1 heterocycles. The summed E-state index contributed by atoms with van der Waals surface area (Å²) in [6, 6.07) is 10.6. The zero-order chi connectivity index (χ0) is 16.4. The number of hydrogen-bond donors (Lipinski definition) is 0. The number of rotatable bonds is 7. The smallest absolute Gasteiger partial charge is 0.219 e. The van der Waals surface area contributed by atoms with Crippen molar-refractivity contribution in [1.82, 2.24) is 4.90 Å². The van der Waals surface area contributed by atoms with Gasteiger partial charge in [0.05, 0.1) is 12.7 Å². The Morgan fingerprint density at radius 2 is 2.00 bits per heavy atom. The Labute approximate surface area is 135 Å². The molecule has 1 aliphatic rings. The van der Waals surface area contributed by atoms with Crippen molar-refractivity contribution in [2.24, 2.45) is 0 Å². The highest BCUT2D eigenvalue weighted by atomic mass is 16.6. The van der Waals surface area contributed by atoms with E-state index in [1.165, 1.54) is 5.56 Å². The van der Waals surface area contributed by atoms with Crippen LogP contribution in [0.3, 0.4) is 0 Å². The monoisotopic (exact) mass is 303 g/mol. The van der Waals surface area contributed by atoms with Crippen LogP contribution in [-0.4, -0.2) is 36.1 Å². The molecule has 0 bridgehead atoms. The van der Waals surface area contributed by atoms with Crippen molar-refractivity contribution in [3.63, 3.8) is 0 Å². The number of carbonyl (C=O) groups is 1. The minimum Gasteiger partial charge on any atom is -0.371 e. The van der Waals surface area contributed by atoms with Gasteiger partial charge in [0, 0.05) is 19.5 Å². The number of epoxide rings is 1. The van der Waals surface area contributed by atoms with E-state index in [0.29, 0.717) is 0 Å². The first-order valence-electron chi connectivity index (χ1n) is 8.15. The van der Waals surface area contributed by atoms with Gasteiger partial charge in [-0.05, 0) is 24.8 Å². The molecule has 1 aromatic rings. The van der Waals surface area contributed by atoms with Gasteiger partial charge in [-0.1, -0.05) is 50.3 Å². The Morgan fingerprint density at radius 3 is 2.41 bits per heavy atom. The SMILES string of the molecule is C=CCC.CC[C@H](Cc1ccccc1)N(CC1CO1)C(C)=O. The van der Waals surface area contributed by atoms with Crippen molar-refractivity contribution in [1.29, 1.82) is 0 Å². The third kappa shape index (κ3) is 6.90. The van der Waals surface area contributed by atoms with E-state index in [2.05, 4.69) is 32.6 Å². The molecule has 0 aromatic heterocycles. The zero-order valence-electron chi connectivity index (χ0n) is 14.1. The molecule has 1 amide bonds. The van der Waals surface area contributed by atoms with Gasteiger partial charge in [-0.15, -0.1) is 6.58 Å². The van der Waals surface area contributed by atoms with Crippen molar-refractivity contribution in [2.45, 2.75) is 52.2 Å². The fraction of sp³-hybridized carbons (Fsp3) is 0.526. The summed E-state index contributed by atoms with van der Waals surface area (Å²) in [5, 5.41) is 0. The van der Waals surface area contributed by atoms with Crippen molar-refractivity contribution in [2.75, 3.05) is 13.2 Å². The lowest BCUT2D eigenvalue weighted by molar-refractivity contribution is -0.131. The molecular formula is C19H29NO2. The van der Waals surface area contributed by atoms with Gasteiger partial charge in [0.2, 0.25) is 5.91 Å². The molecule has 1 aromatic carbocycles. The molecule has 2 atom stereocenters. The van der Waals surface area contributed by atoms with Crippen LogP contribution in [-0.2, 0) is 16.0 Å². The summed E-state index contributed by atoms with van der Waals surface area (Å²) in [5.74, 6) is 0.147. The third-order valence-corrected chi connectivity index (χ3v) is 3.72. The maximum absolute atomic E-state index is 11.8. The second-order valence-corrected chi connectivity index (χ2v) is 5.58. The quantitative estimate of drug-likeness (QED) is 0.566. The van der Waals surface area contributed by atoms with Gasteiger partial charge >= 0.3 is 0 Å². The summed E-state index contributed by atoms with van der Waals surface area (Å²) in [7, 11) is 0. The van der Waals surface area contributed by atoms with Crippen LogP contribution in [0.1, 0.15) is 39.2 Å². The van der Waals surface area contributed by atoms with E-state index in [9.17, 15) is 4.79 Å². The van der Waals surface area contributed by atoms with Crippen LogP contribution in [0.5, 0.6) is 0 Å². The van der Waals surface area contributed by atoms with Crippen molar-refractivity contribution >= 4 is 5.91 Å². The van der Waals surface area contributed by atoms with Crippen molar-refractivity contribution < 1.29 is 9.53 Å². The number of benzene rings is 1. The molecule has 0 saturated carbocycles. The summed E-state index contributed by atoms with van der Waals surface area (Å²) < 4.78 is 5.24. The second kappa shape index (κ2) is 10.2. The molecule has 0 spiro atoms. The van der Waals surface area contributed by atoms with Gasteiger partial charge in [0.25, 0.3) is 0 Å². The minimum atomic E-state index is 0.147. The predicted molar refractivity (Wildman–Crippen MR) is 91.8 cm³/mol. The number of nitrogens with zero attached hydrogens (tertiary/aromatic N) is 1. The fourth-order valence-corrected chi connectivity index (χ4v) is 2.29. The summed E-state index contributed by atoms with van der Waals surface area (Å²) >= 11 is 0. The standard InChI is InChI=1S/C15H21NO2.C4H8/c1-3-14(9-13-7-5-4-6-8-13)16(12(2)17)10-15-11-18-15;1-3-4-2/h4-8,14-15H,3,9-11H2,1-2H3;3H,1,4H2,2H3/t14-,15?;/m1./s1. The van der Waals surface area contributed by atoms with Crippen LogP contribution < -0.4 is 0 Å². The van der Waals surface area contributed by atoms with Crippen LogP contribution in [0.4, 0.5) is 0 Å². The molecule has 1 aliphatic heterocycles. The van der Waals surface area contributed by atoms with Crippen LogP contribution >= 0.6 is 0 Å². The topological polar surface area (TPSA) is 32.8 Å². The van der Waals surface area contributed by atoms with Crippen LogP contribution in [0.15, 0.2) is 43.0 Å². The van der Waals surface area contributed by atoms with Crippen LogP contribution in [0.2, 0.25) is 0 Å². The van der Waals surface area contributed by atoms with Crippen molar-refractivity contribution in [3.05, 3.63) is 48.6 Å². The largest absolute Gasteiger partial charge is 0.371 e. The van der Waals surface area contributed by atoms with Crippen LogP contribution in [0, 0.1) is 0 Å². The predicted octanol–water partition coefficient (Wildman–Crippen LogP) is 3.84. The van der Waals surface area contributed by atoms with E-state index >= 15 is 0 Å². The molecular weight excluding hydrogens is 274 g/mol. The molecule has 3 heteroatoms. The van der Waals surface area contributed by atoms with Gasteiger partial charge in [0.15, 0.2) is 0 Å². The van der Waals surface area contributed by atoms with E-state index < -0.39 is 0 Å². The summed E-state index contributed by atoms with van der Waals surface area (Å²) in [5.41, 5.74) is 1.28. The first kappa shape index (κ1) is 18.4. The number of amides is 1. The first-order valence-corrected chi connectivity index (χ1v) is 8.15. The lowest BCUT2D eigenvalue weighted by atomic mass is 10.0. The summed E-state index contributed by atoms with van der Waals surface area (Å²) in [4.78, 5) is 13.7.